The second kappa shape index (κ2) is 6.57. The van der Waals surface area contributed by atoms with Gasteiger partial charge in [-0.2, -0.15) is 0 Å². The molecule has 1 saturated heterocycles. The lowest BCUT2D eigenvalue weighted by atomic mass is 10.2. The highest BCUT2D eigenvalue weighted by Gasteiger charge is 2.09. The lowest BCUT2D eigenvalue weighted by Gasteiger charge is -2.14. The van der Waals surface area contributed by atoms with Gasteiger partial charge in [0.25, 0.3) is 0 Å². The smallest absolute Gasteiger partial charge is 0.248 e. The molecule has 1 aromatic heterocycles. The standard InChI is InChI=1S/C13H21N3O/c17-13-10-12(4-6-15-13)11-14-5-3-9-16-7-1-2-8-16/h4,6,10,14H,1-3,5,7-9,11H2,(H,15,17). The van der Waals surface area contributed by atoms with Crippen molar-refractivity contribution < 1.29 is 0 Å². The molecule has 0 saturated carbocycles. The number of aromatic nitrogens is 1. The number of rotatable bonds is 6. The number of hydrogen-bond donors (Lipinski definition) is 2. The van der Waals surface area contributed by atoms with E-state index in [9.17, 15) is 4.79 Å². The molecule has 2 rings (SSSR count). The molecule has 1 aliphatic rings. The Balaban J connectivity index is 1.58. The Morgan fingerprint density at radius 3 is 2.94 bits per heavy atom. The van der Waals surface area contributed by atoms with E-state index >= 15 is 0 Å². The molecule has 0 aromatic carbocycles. The van der Waals surface area contributed by atoms with Gasteiger partial charge in [0, 0.05) is 18.8 Å². The summed E-state index contributed by atoms with van der Waals surface area (Å²) in [6.45, 7) is 5.54. The average Bonchev–Trinajstić information content (AvgIpc) is 2.82. The first-order valence-corrected chi connectivity index (χ1v) is 6.45. The summed E-state index contributed by atoms with van der Waals surface area (Å²) in [5, 5.41) is 3.37. The van der Waals surface area contributed by atoms with E-state index in [1.807, 2.05) is 6.07 Å². The highest BCUT2D eigenvalue weighted by Crippen LogP contribution is 2.06. The molecule has 0 atom stereocenters. The fourth-order valence-corrected chi connectivity index (χ4v) is 2.27. The van der Waals surface area contributed by atoms with Crippen molar-refractivity contribution in [2.24, 2.45) is 0 Å². The van der Waals surface area contributed by atoms with Gasteiger partial charge in [-0.05, 0) is 57.1 Å². The minimum absolute atomic E-state index is 0.0265. The van der Waals surface area contributed by atoms with Crippen LogP contribution in [0.25, 0.3) is 0 Å². The molecule has 17 heavy (non-hydrogen) atoms. The molecule has 0 unspecified atom stereocenters. The van der Waals surface area contributed by atoms with Crippen LogP contribution in [0.5, 0.6) is 0 Å². The van der Waals surface area contributed by atoms with E-state index in [2.05, 4.69) is 15.2 Å². The first-order valence-electron chi connectivity index (χ1n) is 6.45. The summed E-state index contributed by atoms with van der Waals surface area (Å²) in [4.78, 5) is 16.2. The summed E-state index contributed by atoms with van der Waals surface area (Å²) in [5.41, 5.74) is 1.02. The van der Waals surface area contributed by atoms with Gasteiger partial charge >= 0.3 is 0 Å². The molecule has 0 amide bonds. The van der Waals surface area contributed by atoms with Crippen molar-refractivity contribution in [3.8, 4) is 0 Å². The Morgan fingerprint density at radius 1 is 1.35 bits per heavy atom. The average molecular weight is 235 g/mol. The van der Waals surface area contributed by atoms with Crippen LogP contribution in [0.4, 0.5) is 0 Å². The Bertz CT molecular complexity index is 382. The topological polar surface area (TPSA) is 48.1 Å². The molecule has 1 aliphatic heterocycles. The van der Waals surface area contributed by atoms with Crippen molar-refractivity contribution in [3.05, 3.63) is 34.2 Å². The van der Waals surface area contributed by atoms with Gasteiger partial charge < -0.3 is 15.2 Å². The van der Waals surface area contributed by atoms with Crippen molar-refractivity contribution in [1.82, 2.24) is 15.2 Å². The predicted molar refractivity (Wildman–Crippen MR) is 69.1 cm³/mol. The molecule has 4 heteroatoms. The second-order valence-corrected chi connectivity index (χ2v) is 4.64. The summed E-state index contributed by atoms with van der Waals surface area (Å²) in [6.07, 6.45) is 5.60. The molecular formula is C13H21N3O. The fourth-order valence-electron chi connectivity index (χ4n) is 2.27. The first-order chi connectivity index (χ1) is 8.34. The summed E-state index contributed by atoms with van der Waals surface area (Å²) < 4.78 is 0. The van der Waals surface area contributed by atoms with E-state index < -0.39 is 0 Å². The van der Waals surface area contributed by atoms with Gasteiger partial charge in [0.1, 0.15) is 0 Å². The SMILES string of the molecule is O=c1cc(CNCCCN2CCCC2)cc[nH]1. The number of H-pyrrole nitrogens is 1. The van der Waals surface area contributed by atoms with Gasteiger partial charge in [-0.15, -0.1) is 0 Å². The van der Waals surface area contributed by atoms with Crippen molar-refractivity contribution in [2.75, 3.05) is 26.2 Å². The lowest BCUT2D eigenvalue weighted by Crippen LogP contribution is -2.24. The third-order valence-electron chi connectivity index (χ3n) is 3.20. The highest BCUT2D eigenvalue weighted by molar-refractivity contribution is 5.09. The monoisotopic (exact) mass is 235 g/mol. The van der Waals surface area contributed by atoms with Gasteiger partial charge in [0.2, 0.25) is 5.56 Å². The number of aromatic amines is 1. The molecule has 0 spiro atoms. The molecule has 0 radical (unpaired) electrons. The van der Waals surface area contributed by atoms with Crippen molar-refractivity contribution >= 4 is 0 Å². The second-order valence-electron chi connectivity index (χ2n) is 4.64. The van der Waals surface area contributed by atoms with E-state index in [4.69, 9.17) is 0 Å². The number of nitrogens with one attached hydrogen (secondary N) is 2. The zero-order valence-corrected chi connectivity index (χ0v) is 10.2. The van der Waals surface area contributed by atoms with Gasteiger partial charge in [-0.25, -0.2) is 0 Å². The molecule has 0 bridgehead atoms. The summed E-state index contributed by atoms with van der Waals surface area (Å²) in [7, 11) is 0. The van der Waals surface area contributed by atoms with Crippen LogP contribution in [0.1, 0.15) is 24.8 Å². The Labute approximate surface area is 102 Å². The van der Waals surface area contributed by atoms with Crippen LogP contribution in [0.15, 0.2) is 23.1 Å². The van der Waals surface area contributed by atoms with E-state index in [-0.39, 0.29) is 5.56 Å². The lowest BCUT2D eigenvalue weighted by molar-refractivity contribution is 0.331. The van der Waals surface area contributed by atoms with Crippen LogP contribution in [0.3, 0.4) is 0 Å². The van der Waals surface area contributed by atoms with Gasteiger partial charge in [0.05, 0.1) is 0 Å². The normalized spacial score (nSPS) is 16.5. The van der Waals surface area contributed by atoms with Crippen LogP contribution in [0.2, 0.25) is 0 Å². The number of nitrogens with zero attached hydrogens (tertiary/aromatic N) is 1. The highest BCUT2D eigenvalue weighted by atomic mass is 16.1. The van der Waals surface area contributed by atoms with E-state index in [0.717, 1.165) is 18.7 Å². The van der Waals surface area contributed by atoms with Crippen molar-refractivity contribution in [1.29, 1.82) is 0 Å². The number of pyridine rings is 1. The van der Waals surface area contributed by atoms with Crippen molar-refractivity contribution in [2.45, 2.75) is 25.8 Å². The molecule has 2 N–H and O–H groups in total. The molecular weight excluding hydrogens is 214 g/mol. The minimum Gasteiger partial charge on any atom is -0.329 e. The Kier molecular flexibility index (Phi) is 4.76. The van der Waals surface area contributed by atoms with Crippen LogP contribution in [0, 0.1) is 0 Å². The van der Waals surface area contributed by atoms with Gasteiger partial charge in [-0.1, -0.05) is 0 Å². The van der Waals surface area contributed by atoms with Crippen LogP contribution < -0.4 is 10.9 Å². The number of hydrogen-bond acceptors (Lipinski definition) is 3. The van der Waals surface area contributed by atoms with Gasteiger partial charge in [-0.3, -0.25) is 4.79 Å². The fraction of sp³-hybridized carbons (Fsp3) is 0.615. The van der Waals surface area contributed by atoms with Crippen molar-refractivity contribution in [3.63, 3.8) is 0 Å². The van der Waals surface area contributed by atoms with E-state index in [1.165, 1.54) is 38.9 Å². The summed E-state index contributed by atoms with van der Waals surface area (Å²) in [6, 6.07) is 3.59. The molecule has 0 aliphatic carbocycles. The maximum atomic E-state index is 11.1. The maximum Gasteiger partial charge on any atom is 0.248 e. The third-order valence-corrected chi connectivity index (χ3v) is 3.20. The molecule has 1 aromatic rings. The molecule has 4 nitrogen and oxygen atoms in total. The zero-order chi connectivity index (χ0) is 11.9. The predicted octanol–water partition coefficient (Wildman–Crippen LogP) is 0.950. The molecule has 2 heterocycles. The van der Waals surface area contributed by atoms with Crippen LogP contribution in [-0.2, 0) is 6.54 Å². The van der Waals surface area contributed by atoms with Crippen LogP contribution >= 0.6 is 0 Å². The van der Waals surface area contributed by atoms with Crippen LogP contribution in [-0.4, -0.2) is 36.1 Å². The Morgan fingerprint density at radius 2 is 2.18 bits per heavy atom. The summed E-state index contributed by atoms with van der Waals surface area (Å²) in [5.74, 6) is 0. The molecule has 94 valence electrons. The van der Waals surface area contributed by atoms with E-state index in [0.29, 0.717) is 0 Å². The first kappa shape index (κ1) is 12.3. The van der Waals surface area contributed by atoms with Gasteiger partial charge in [0.15, 0.2) is 0 Å². The zero-order valence-electron chi connectivity index (χ0n) is 10.2. The largest absolute Gasteiger partial charge is 0.329 e. The Hall–Kier alpha value is -1.13. The minimum atomic E-state index is -0.0265. The number of likely N-dealkylation sites (tertiary alicyclic amines) is 1. The quantitative estimate of drug-likeness (QED) is 0.722. The third kappa shape index (κ3) is 4.32. The van der Waals surface area contributed by atoms with E-state index in [1.54, 1.807) is 12.3 Å². The maximum absolute atomic E-state index is 11.1. The molecule has 1 fully saturated rings. The summed E-state index contributed by atoms with van der Waals surface area (Å²) >= 11 is 0.